The van der Waals surface area contributed by atoms with Gasteiger partial charge in [0.2, 0.25) is 0 Å². The van der Waals surface area contributed by atoms with Crippen LogP contribution in [0.2, 0.25) is 5.02 Å². The molecule has 0 unspecified atom stereocenters. The van der Waals surface area contributed by atoms with E-state index in [4.69, 9.17) is 22.4 Å². The molecule has 18 heavy (non-hydrogen) atoms. The number of rotatable bonds is 3. The zero-order valence-corrected chi connectivity index (χ0v) is 10.7. The second-order valence-corrected chi connectivity index (χ2v) is 4.87. The SMILES string of the molecule is Nc1ccc(C(=O)O)nc1Sc1ccccc1Cl. The number of anilines is 1. The van der Waals surface area contributed by atoms with Crippen LogP contribution in [-0.2, 0) is 0 Å². The minimum absolute atomic E-state index is 0.0428. The van der Waals surface area contributed by atoms with E-state index in [1.54, 1.807) is 6.07 Å². The lowest BCUT2D eigenvalue weighted by atomic mass is 10.3. The molecule has 0 amide bonds. The molecule has 1 aromatic carbocycles. The van der Waals surface area contributed by atoms with Crippen LogP contribution in [-0.4, -0.2) is 16.1 Å². The summed E-state index contributed by atoms with van der Waals surface area (Å²) in [6.07, 6.45) is 0. The van der Waals surface area contributed by atoms with Gasteiger partial charge in [-0.3, -0.25) is 0 Å². The van der Waals surface area contributed by atoms with Crippen LogP contribution >= 0.6 is 23.4 Å². The maximum Gasteiger partial charge on any atom is 0.354 e. The molecule has 92 valence electrons. The molecule has 0 atom stereocenters. The molecule has 0 aliphatic heterocycles. The zero-order valence-electron chi connectivity index (χ0n) is 9.13. The number of hydrogen-bond acceptors (Lipinski definition) is 4. The lowest BCUT2D eigenvalue weighted by molar-refractivity contribution is 0.0690. The Labute approximate surface area is 113 Å². The number of pyridine rings is 1. The number of aromatic carboxylic acids is 1. The normalized spacial score (nSPS) is 10.3. The van der Waals surface area contributed by atoms with Crippen LogP contribution in [0.15, 0.2) is 46.3 Å². The number of carbonyl (C=O) groups is 1. The fourth-order valence-electron chi connectivity index (χ4n) is 1.28. The molecule has 0 saturated heterocycles. The van der Waals surface area contributed by atoms with Crippen molar-refractivity contribution in [2.24, 2.45) is 0 Å². The van der Waals surface area contributed by atoms with Gasteiger partial charge in [0.25, 0.3) is 0 Å². The number of hydrogen-bond donors (Lipinski definition) is 2. The van der Waals surface area contributed by atoms with Crippen molar-refractivity contribution >= 4 is 35.0 Å². The Bertz CT molecular complexity index is 604. The van der Waals surface area contributed by atoms with Gasteiger partial charge in [-0.2, -0.15) is 0 Å². The minimum Gasteiger partial charge on any atom is -0.477 e. The van der Waals surface area contributed by atoms with E-state index in [9.17, 15) is 4.79 Å². The smallest absolute Gasteiger partial charge is 0.354 e. The fraction of sp³-hybridized carbons (Fsp3) is 0. The molecule has 4 nitrogen and oxygen atoms in total. The van der Waals surface area contributed by atoms with Crippen molar-refractivity contribution in [2.75, 3.05) is 5.73 Å². The summed E-state index contributed by atoms with van der Waals surface area (Å²) in [6.45, 7) is 0. The van der Waals surface area contributed by atoms with Gasteiger partial charge >= 0.3 is 5.97 Å². The molecular weight excluding hydrogens is 272 g/mol. The van der Waals surface area contributed by atoms with Gasteiger partial charge in [0, 0.05) is 4.90 Å². The van der Waals surface area contributed by atoms with E-state index < -0.39 is 5.97 Å². The first kappa shape index (κ1) is 12.7. The fourth-order valence-corrected chi connectivity index (χ4v) is 2.39. The lowest BCUT2D eigenvalue weighted by Crippen LogP contribution is -2.02. The predicted octanol–water partition coefficient (Wildman–Crippen LogP) is 3.17. The molecule has 0 bridgehead atoms. The summed E-state index contributed by atoms with van der Waals surface area (Å²) in [5.41, 5.74) is 6.15. The highest BCUT2D eigenvalue weighted by Gasteiger charge is 2.11. The van der Waals surface area contributed by atoms with Crippen molar-refractivity contribution in [1.82, 2.24) is 4.98 Å². The average Bonchev–Trinajstić information content (AvgIpc) is 2.34. The summed E-state index contributed by atoms with van der Waals surface area (Å²) in [6, 6.07) is 10.1. The molecule has 6 heteroatoms. The molecule has 0 saturated carbocycles. The maximum absolute atomic E-state index is 10.8. The molecule has 0 radical (unpaired) electrons. The number of nitrogens with two attached hydrogens (primary N) is 1. The largest absolute Gasteiger partial charge is 0.477 e. The van der Waals surface area contributed by atoms with Gasteiger partial charge in [-0.05, 0) is 24.3 Å². The van der Waals surface area contributed by atoms with E-state index in [1.807, 2.05) is 18.2 Å². The second-order valence-electron chi connectivity index (χ2n) is 3.43. The third kappa shape index (κ3) is 2.75. The Kier molecular flexibility index (Phi) is 3.74. The Morgan fingerprint density at radius 2 is 2.00 bits per heavy atom. The average molecular weight is 281 g/mol. The standard InChI is InChI=1S/C12H9ClN2O2S/c13-7-3-1-2-4-10(7)18-11-8(14)5-6-9(15-11)12(16)17/h1-6H,14H2,(H,16,17). The highest BCUT2D eigenvalue weighted by Crippen LogP contribution is 2.34. The summed E-state index contributed by atoms with van der Waals surface area (Å²) < 4.78 is 0. The molecule has 0 fully saturated rings. The highest BCUT2D eigenvalue weighted by atomic mass is 35.5. The molecule has 2 aromatic rings. The van der Waals surface area contributed by atoms with Crippen molar-refractivity contribution < 1.29 is 9.90 Å². The molecule has 2 rings (SSSR count). The number of benzene rings is 1. The van der Waals surface area contributed by atoms with Crippen molar-refractivity contribution in [3.05, 3.63) is 47.1 Å². The number of carboxylic acid groups (broad SMARTS) is 1. The summed E-state index contributed by atoms with van der Waals surface area (Å²) >= 11 is 7.26. The van der Waals surface area contributed by atoms with Gasteiger partial charge in [-0.15, -0.1) is 0 Å². The molecular formula is C12H9ClN2O2S. The topological polar surface area (TPSA) is 76.2 Å². The quantitative estimate of drug-likeness (QED) is 0.903. The van der Waals surface area contributed by atoms with Gasteiger partial charge in [-0.1, -0.05) is 35.5 Å². The van der Waals surface area contributed by atoms with E-state index in [2.05, 4.69) is 4.98 Å². The number of nitrogen functional groups attached to an aromatic ring is 1. The van der Waals surface area contributed by atoms with E-state index in [0.717, 1.165) is 4.90 Å². The van der Waals surface area contributed by atoms with E-state index >= 15 is 0 Å². The number of halogens is 1. The van der Waals surface area contributed by atoms with Crippen LogP contribution in [0.4, 0.5) is 5.69 Å². The van der Waals surface area contributed by atoms with Gasteiger partial charge in [0.05, 0.1) is 10.7 Å². The van der Waals surface area contributed by atoms with Crippen molar-refractivity contribution in [3.8, 4) is 0 Å². The summed E-state index contributed by atoms with van der Waals surface area (Å²) in [5, 5.41) is 9.89. The van der Waals surface area contributed by atoms with Crippen LogP contribution in [0.3, 0.4) is 0 Å². The third-order valence-electron chi connectivity index (χ3n) is 2.15. The first-order valence-corrected chi connectivity index (χ1v) is 6.19. The Morgan fingerprint density at radius 1 is 1.28 bits per heavy atom. The molecule has 1 aromatic heterocycles. The second kappa shape index (κ2) is 5.29. The third-order valence-corrected chi connectivity index (χ3v) is 3.69. The molecule has 0 aliphatic rings. The minimum atomic E-state index is -1.09. The van der Waals surface area contributed by atoms with Crippen LogP contribution < -0.4 is 5.73 Å². The molecule has 3 N–H and O–H groups in total. The molecule has 1 heterocycles. The highest BCUT2D eigenvalue weighted by molar-refractivity contribution is 7.99. The van der Waals surface area contributed by atoms with Crippen LogP contribution in [0.1, 0.15) is 10.5 Å². The van der Waals surface area contributed by atoms with Gasteiger partial charge in [0.15, 0.2) is 0 Å². The summed E-state index contributed by atoms with van der Waals surface area (Å²) in [7, 11) is 0. The Morgan fingerprint density at radius 3 is 2.67 bits per heavy atom. The van der Waals surface area contributed by atoms with E-state index in [1.165, 1.54) is 23.9 Å². The van der Waals surface area contributed by atoms with Crippen molar-refractivity contribution in [1.29, 1.82) is 0 Å². The molecule has 0 spiro atoms. The first-order chi connectivity index (χ1) is 8.58. The van der Waals surface area contributed by atoms with Gasteiger partial charge < -0.3 is 10.8 Å². The van der Waals surface area contributed by atoms with Crippen molar-refractivity contribution in [2.45, 2.75) is 9.92 Å². The van der Waals surface area contributed by atoms with Crippen molar-refractivity contribution in [3.63, 3.8) is 0 Å². The summed E-state index contributed by atoms with van der Waals surface area (Å²) in [4.78, 5) is 15.6. The zero-order chi connectivity index (χ0) is 13.1. The molecule has 0 aliphatic carbocycles. The van der Waals surface area contributed by atoms with Crippen LogP contribution in [0, 0.1) is 0 Å². The number of aromatic nitrogens is 1. The van der Waals surface area contributed by atoms with Crippen LogP contribution in [0.5, 0.6) is 0 Å². The Balaban J connectivity index is 2.37. The predicted molar refractivity (Wildman–Crippen MR) is 71.2 cm³/mol. The Hall–Kier alpha value is -1.72. The number of nitrogens with zero attached hydrogens (tertiary/aromatic N) is 1. The van der Waals surface area contributed by atoms with Crippen LogP contribution in [0.25, 0.3) is 0 Å². The van der Waals surface area contributed by atoms with Gasteiger partial charge in [-0.25, -0.2) is 9.78 Å². The summed E-state index contributed by atoms with van der Waals surface area (Å²) in [5.74, 6) is -1.09. The number of carboxylic acids is 1. The maximum atomic E-state index is 10.8. The van der Waals surface area contributed by atoms with E-state index in [0.29, 0.717) is 15.7 Å². The van der Waals surface area contributed by atoms with E-state index in [-0.39, 0.29) is 5.69 Å². The lowest BCUT2D eigenvalue weighted by Gasteiger charge is -2.06. The first-order valence-electron chi connectivity index (χ1n) is 5.00. The van der Waals surface area contributed by atoms with Gasteiger partial charge in [0.1, 0.15) is 10.7 Å². The monoisotopic (exact) mass is 280 g/mol.